The average Bonchev–Trinajstić information content (AvgIpc) is 3.42. The fourth-order valence-electron chi connectivity index (χ4n) is 2.86. The zero-order chi connectivity index (χ0) is 20.2. The molecule has 29 heavy (non-hydrogen) atoms. The van der Waals surface area contributed by atoms with Gasteiger partial charge in [0.05, 0.1) is 31.2 Å². The van der Waals surface area contributed by atoms with Crippen molar-refractivity contribution in [2.45, 2.75) is 6.54 Å². The minimum absolute atomic E-state index is 0.221. The molecule has 146 valence electrons. The summed E-state index contributed by atoms with van der Waals surface area (Å²) in [5, 5.41) is 14.9. The Kier molecular flexibility index (Phi) is 5.26. The van der Waals surface area contributed by atoms with Crippen LogP contribution < -0.4 is 15.8 Å². The van der Waals surface area contributed by atoms with Crippen LogP contribution in [0.2, 0.25) is 0 Å². The highest BCUT2D eigenvalue weighted by Crippen LogP contribution is 2.28. The maximum Gasteiger partial charge on any atom is 0.277 e. The van der Waals surface area contributed by atoms with Gasteiger partial charge in [0, 0.05) is 0 Å². The SMILES string of the molecule is COc1ccc(Cn2cc(C(=O)Nc3cc(-c4ccsc4)ccc3N)nn2)cc1. The first-order valence-electron chi connectivity index (χ1n) is 8.89. The van der Waals surface area contributed by atoms with Gasteiger partial charge in [0.25, 0.3) is 5.91 Å². The van der Waals surface area contributed by atoms with Crippen molar-refractivity contribution in [3.63, 3.8) is 0 Å². The number of hydrogen-bond donors (Lipinski definition) is 2. The van der Waals surface area contributed by atoms with Gasteiger partial charge in [-0.2, -0.15) is 11.3 Å². The minimum atomic E-state index is -0.361. The van der Waals surface area contributed by atoms with E-state index < -0.39 is 0 Å². The van der Waals surface area contributed by atoms with Gasteiger partial charge < -0.3 is 15.8 Å². The van der Waals surface area contributed by atoms with Crippen LogP contribution in [-0.2, 0) is 6.54 Å². The molecule has 2 aromatic carbocycles. The van der Waals surface area contributed by atoms with Gasteiger partial charge in [0.2, 0.25) is 0 Å². The molecule has 0 atom stereocenters. The summed E-state index contributed by atoms with van der Waals surface area (Å²) in [5.74, 6) is 0.426. The third-order valence-corrected chi connectivity index (χ3v) is 5.11. The molecule has 1 amide bonds. The van der Waals surface area contributed by atoms with E-state index in [1.807, 2.05) is 53.2 Å². The molecule has 0 aliphatic carbocycles. The summed E-state index contributed by atoms with van der Waals surface area (Å²) in [4.78, 5) is 12.6. The second kappa shape index (κ2) is 8.15. The lowest BCUT2D eigenvalue weighted by molar-refractivity contribution is 0.102. The van der Waals surface area contributed by atoms with Crippen LogP contribution in [0, 0.1) is 0 Å². The molecule has 0 radical (unpaired) electrons. The molecule has 4 rings (SSSR count). The number of nitrogens with one attached hydrogen (secondary N) is 1. The first-order valence-corrected chi connectivity index (χ1v) is 9.83. The molecular formula is C21H19N5O2S. The lowest BCUT2D eigenvalue weighted by Crippen LogP contribution is -2.13. The molecule has 2 heterocycles. The van der Waals surface area contributed by atoms with Crippen molar-refractivity contribution in [1.29, 1.82) is 0 Å². The predicted octanol–water partition coefficient (Wildman–Crippen LogP) is 3.90. The highest BCUT2D eigenvalue weighted by molar-refractivity contribution is 7.08. The first kappa shape index (κ1) is 18.7. The Labute approximate surface area is 171 Å². The van der Waals surface area contributed by atoms with Crippen LogP contribution in [0.3, 0.4) is 0 Å². The third kappa shape index (κ3) is 4.27. The van der Waals surface area contributed by atoms with Crippen molar-refractivity contribution < 1.29 is 9.53 Å². The van der Waals surface area contributed by atoms with E-state index in [-0.39, 0.29) is 11.6 Å². The van der Waals surface area contributed by atoms with Crippen LogP contribution in [0.25, 0.3) is 11.1 Å². The number of nitrogens with zero attached hydrogens (tertiary/aromatic N) is 3. The number of carbonyl (C=O) groups excluding carboxylic acids is 1. The number of methoxy groups -OCH3 is 1. The molecule has 0 aliphatic heterocycles. The number of hydrogen-bond acceptors (Lipinski definition) is 6. The maximum atomic E-state index is 12.6. The highest BCUT2D eigenvalue weighted by Gasteiger charge is 2.13. The molecule has 3 N–H and O–H groups in total. The van der Waals surface area contributed by atoms with Crippen LogP contribution in [0.1, 0.15) is 16.1 Å². The number of rotatable bonds is 6. The quantitative estimate of drug-likeness (QED) is 0.475. The Morgan fingerprint density at radius 3 is 2.72 bits per heavy atom. The lowest BCUT2D eigenvalue weighted by atomic mass is 10.1. The van der Waals surface area contributed by atoms with Crippen LogP contribution in [0.15, 0.2) is 65.5 Å². The van der Waals surface area contributed by atoms with Crippen molar-refractivity contribution in [3.05, 3.63) is 76.7 Å². The molecule has 0 fully saturated rings. The van der Waals surface area contributed by atoms with Crippen LogP contribution in [0.5, 0.6) is 5.75 Å². The van der Waals surface area contributed by atoms with Gasteiger partial charge in [-0.1, -0.05) is 23.4 Å². The molecule has 0 unspecified atom stereocenters. The van der Waals surface area contributed by atoms with Crippen molar-refractivity contribution in [2.24, 2.45) is 0 Å². The second-order valence-electron chi connectivity index (χ2n) is 6.42. The van der Waals surface area contributed by atoms with E-state index in [1.165, 1.54) is 0 Å². The number of aromatic nitrogens is 3. The molecule has 8 heteroatoms. The Morgan fingerprint density at radius 2 is 2.00 bits per heavy atom. The van der Waals surface area contributed by atoms with Gasteiger partial charge >= 0.3 is 0 Å². The van der Waals surface area contributed by atoms with Gasteiger partial charge in [-0.3, -0.25) is 4.79 Å². The molecule has 0 aliphatic rings. The summed E-state index contributed by atoms with van der Waals surface area (Å²) in [6, 6.07) is 15.2. The molecule has 4 aromatic rings. The number of benzene rings is 2. The van der Waals surface area contributed by atoms with Gasteiger partial charge in [-0.15, -0.1) is 5.10 Å². The maximum absolute atomic E-state index is 12.6. The van der Waals surface area contributed by atoms with Crippen molar-refractivity contribution in [1.82, 2.24) is 15.0 Å². The van der Waals surface area contributed by atoms with E-state index in [4.69, 9.17) is 10.5 Å². The first-order chi connectivity index (χ1) is 14.1. The standard InChI is InChI=1S/C21H19N5O2S/c1-28-17-5-2-14(3-6-17)11-26-12-20(24-25-26)21(27)23-19-10-15(4-7-18(19)22)16-8-9-29-13-16/h2-10,12-13H,11,22H2,1H3,(H,23,27). The lowest BCUT2D eigenvalue weighted by Gasteiger charge is -2.09. The van der Waals surface area contributed by atoms with E-state index in [2.05, 4.69) is 15.6 Å². The summed E-state index contributed by atoms with van der Waals surface area (Å²) in [6.07, 6.45) is 1.61. The van der Waals surface area contributed by atoms with Crippen LogP contribution in [-0.4, -0.2) is 28.0 Å². The van der Waals surface area contributed by atoms with Gasteiger partial charge in [-0.05, 0) is 57.8 Å². The summed E-state index contributed by atoms with van der Waals surface area (Å²) in [5.41, 5.74) is 10.4. The summed E-state index contributed by atoms with van der Waals surface area (Å²) >= 11 is 1.61. The van der Waals surface area contributed by atoms with E-state index in [0.717, 1.165) is 22.4 Å². The van der Waals surface area contributed by atoms with Gasteiger partial charge in [0.1, 0.15) is 5.75 Å². The summed E-state index contributed by atoms with van der Waals surface area (Å²) < 4.78 is 6.77. The molecule has 0 spiro atoms. The van der Waals surface area contributed by atoms with E-state index in [0.29, 0.717) is 17.9 Å². The fraction of sp³-hybridized carbons (Fsp3) is 0.0952. The van der Waals surface area contributed by atoms with E-state index in [1.54, 1.807) is 35.4 Å². The topological polar surface area (TPSA) is 95.1 Å². The molecule has 7 nitrogen and oxygen atoms in total. The number of amides is 1. The normalized spacial score (nSPS) is 10.7. The molecule has 0 bridgehead atoms. The van der Waals surface area contributed by atoms with Crippen molar-refractivity contribution in [3.8, 4) is 16.9 Å². The highest BCUT2D eigenvalue weighted by atomic mass is 32.1. The number of carbonyl (C=O) groups is 1. The number of nitrogen functional groups attached to an aromatic ring is 1. The zero-order valence-corrected chi connectivity index (χ0v) is 16.5. The Hall–Kier alpha value is -3.65. The zero-order valence-electron chi connectivity index (χ0n) is 15.7. The molecule has 0 saturated heterocycles. The second-order valence-corrected chi connectivity index (χ2v) is 7.20. The number of ether oxygens (including phenoxy) is 1. The Morgan fingerprint density at radius 1 is 1.17 bits per heavy atom. The number of nitrogens with two attached hydrogens (primary N) is 1. The predicted molar refractivity (Wildman–Crippen MR) is 114 cm³/mol. The number of thiophene rings is 1. The Bertz CT molecular complexity index is 1120. The van der Waals surface area contributed by atoms with Gasteiger partial charge in [-0.25, -0.2) is 4.68 Å². The fourth-order valence-corrected chi connectivity index (χ4v) is 3.52. The summed E-state index contributed by atoms with van der Waals surface area (Å²) in [6.45, 7) is 0.500. The number of anilines is 2. The largest absolute Gasteiger partial charge is 0.497 e. The Balaban J connectivity index is 1.47. The van der Waals surface area contributed by atoms with Crippen molar-refractivity contribution >= 4 is 28.6 Å². The van der Waals surface area contributed by atoms with Crippen LogP contribution >= 0.6 is 11.3 Å². The minimum Gasteiger partial charge on any atom is -0.497 e. The van der Waals surface area contributed by atoms with Gasteiger partial charge in [0.15, 0.2) is 5.69 Å². The molecule has 0 saturated carbocycles. The van der Waals surface area contributed by atoms with E-state index in [9.17, 15) is 4.79 Å². The average molecular weight is 405 g/mol. The third-order valence-electron chi connectivity index (χ3n) is 4.43. The monoisotopic (exact) mass is 405 g/mol. The molecule has 2 aromatic heterocycles. The smallest absolute Gasteiger partial charge is 0.277 e. The summed E-state index contributed by atoms with van der Waals surface area (Å²) in [7, 11) is 1.63. The van der Waals surface area contributed by atoms with Crippen LogP contribution in [0.4, 0.5) is 11.4 Å². The van der Waals surface area contributed by atoms with E-state index >= 15 is 0 Å². The molecular weight excluding hydrogens is 386 g/mol. The van der Waals surface area contributed by atoms with Crippen molar-refractivity contribution in [2.75, 3.05) is 18.2 Å².